The summed E-state index contributed by atoms with van der Waals surface area (Å²) in [6, 6.07) is -1.02. The Labute approximate surface area is 113 Å². The Morgan fingerprint density at radius 3 is 2.42 bits per heavy atom. The molecule has 0 aromatic rings. The molecule has 1 saturated heterocycles. The summed E-state index contributed by atoms with van der Waals surface area (Å²) in [7, 11) is 0. The van der Waals surface area contributed by atoms with Crippen LogP contribution in [0.25, 0.3) is 0 Å². The number of nitrogens with zero attached hydrogens (tertiary/aromatic N) is 1. The average Bonchev–Trinajstić information content (AvgIpc) is 2.56. The van der Waals surface area contributed by atoms with Gasteiger partial charge >= 0.3 is 6.03 Å². The molecule has 0 spiro atoms. The molecule has 6 heteroatoms. The number of carbonyl (C=O) groups excluding carboxylic acids is 3. The smallest absolute Gasteiger partial charge is 0.325 e. The van der Waals surface area contributed by atoms with Gasteiger partial charge in [0.25, 0.3) is 5.91 Å². The summed E-state index contributed by atoms with van der Waals surface area (Å²) in [5, 5.41) is 5.40. The Kier molecular flexibility index (Phi) is 4.55. The SMILES string of the molecule is CCC(C)(C)NC(=O)CN1C(=O)NC(C(C)C)C1=O. The van der Waals surface area contributed by atoms with E-state index in [1.165, 1.54) is 0 Å². The van der Waals surface area contributed by atoms with E-state index in [-0.39, 0.29) is 29.8 Å². The molecule has 1 rings (SSSR count). The Morgan fingerprint density at radius 2 is 2.00 bits per heavy atom. The number of amides is 4. The molecule has 0 aromatic carbocycles. The van der Waals surface area contributed by atoms with Crippen molar-refractivity contribution in [3.8, 4) is 0 Å². The summed E-state index contributed by atoms with van der Waals surface area (Å²) >= 11 is 0. The quantitative estimate of drug-likeness (QED) is 0.727. The normalized spacial score (nSPS) is 19.9. The van der Waals surface area contributed by atoms with Crippen LogP contribution in [0.5, 0.6) is 0 Å². The van der Waals surface area contributed by atoms with Crippen LogP contribution in [0.4, 0.5) is 4.79 Å². The van der Waals surface area contributed by atoms with Crippen molar-refractivity contribution in [2.75, 3.05) is 6.54 Å². The van der Waals surface area contributed by atoms with Crippen LogP contribution in [-0.4, -0.2) is 40.9 Å². The van der Waals surface area contributed by atoms with Crippen molar-refractivity contribution in [1.82, 2.24) is 15.5 Å². The number of urea groups is 1. The topological polar surface area (TPSA) is 78.5 Å². The maximum Gasteiger partial charge on any atom is 0.325 e. The van der Waals surface area contributed by atoms with Crippen LogP contribution >= 0.6 is 0 Å². The van der Waals surface area contributed by atoms with Crippen LogP contribution in [0.2, 0.25) is 0 Å². The van der Waals surface area contributed by atoms with Gasteiger partial charge in [0, 0.05) is 5.54 Å². The lowest BCUT2D eigenvalue weighted by Crippen LogP contribution is -2.48. The lowest BCUT2D eigenvalue weighted by molar-refractivity contribution is -0.133. The molecule has 0 aliphatic carbocycles. The predicted molar refractivity (Wildman–Crippen MR) is 71.4 cm³/mol. The first-order valence-electron chi connectivity index (χ1n) is 6.61. The van der Waals surface area contributed by atoms with Crippen LogP contribution in [0.3, 0.4) is 0 Å². The van der Waals surface area contributed by atoms with Crippen molar-refractivity contribution in [2.45, 2.75) is 52.6 Å². The summed E-state index contributed by atoms with van der Waals surface area (Å²) in [6.45, 7) is 9.24. The van der Waals surface area contributed by atoms with Crippen LogP contribution in [0.1, 0.15) is 41.0 Å². The van der Waals surface area contributed by atoms with Gasteiger partial charge in [0.1, 0.15) is 12.6 Å². The molecular formula is C13H23N3O3. The second kappa shape index (κ2) is 5.59. The van der Waals surface area contributed by atoms with E-state index in [1.54, 1.807) is 0 Å². The maximum absolute atomic E-state index is 12.0. The minimum absolute atomic E-state index is 0.0107. The van der Waals surface area contributed by atoms with Gasteiger partial charge in [0.15, 0.2) is 0 Å². The molecular weight excluding hydrogens is 246 g/mol. The first-order valence-corrected chi connectivity index (χ1v) is 6.61. The standard InChI is InChI=1S/C13H23N3O3/c1-6-13(4,5)15-9(17)7-16-11(18)10(8(2)3)14-12(16)19/h8,10H,6-7H2,1-5H3,(H,14,19)(H,15,17). The third kappa shape index (κ3) is 3.68. The second-order valence-corrected chi connectivity index (χ2v) is 5.88. The van der Waals surface area contributed by atoms with E-state index >= 15 is 0 Å². The Balaban J connectivity index is 2.65. The van der Waals surface area contributed by atoms with Crippen LogP contribution < -0.4 is 10.6 Å². The molecule has 1 unspecified atom stereocenters. The minimum Gasteiger partial charge on any atom is -0.350 e. The van der Waals surface area contributed by atoms with E-state index in [2.05, 4.69) is 10.6 Å². The van der Waals surface area contributed by atoms with Gasteiger partial charge in [0.05, 0.1) is 0 Å². The number of imide groups is 1. The number of nitrogens with one attached hydrogen (secondary N) is 2. The van der Waals surface area contributed by atoms with Gasteiger partial charge in [-0.1, -0.05) is 20.8 Å². The highest BCUT2D eigenvalue weighted by Crippen LogP contribution is 2.14. The zero-order valence-electron chi connectivity index (χ0n) is 12.2. The third-order valence-corrected chi connectivity index (χ3v) is 3.39. The first kappa shape index (κ1) is 15.5. The van der Waals surface area contributed by atoms with Gasteiger partial charge < -0.3 is 10.6 Å². The number of carbonyl (C=O) groups is 3. The van der Waals surface area contributed by atoms with Crippen LogP contribution in [-0.2, 0) is 9.59 Å². The third-order valence-electron chi connectivity index (χ3n) is 3.39. The number of hydrogen-bond donors (Lipinski definition) is 2. The van der Waals surface area contributed by atoms with Crippen molar-refractivity contribution < 1.29 is 14.4 Å². The average molecular weight is 269 g/mol. The van der Waals surface area contributed by atoms with E-state index in [1.807, 2.05) is 34.6 Å². The molecule has 4 amide bonds. The molecule has 0 bridgehead atoms. The molecule has 1 fully saturated rings. The van der Waals surface area contributed by atoms with Crippen molar-refractivity contribution >= 4 is 17.8 Å². The molecule has 6 nitrogen and oxygen atoms in total. The van der Waals surface area contributed by atoms with Gasteiger partial charge in [-0.05, 0) is 26.2 Å². The van der Waals surface area contributed by atoms with Crippen molar-refractivity contribution in [3.05, 3.63) is 0 Å². The zero-order valence-corrected chi connectivity index (χ0v) is 12.2. The maximum atomic E-state index is 12.0. The molecule has 1 aliphatic heterocycles. The number of hydrogen-bond acceptors (Lipinski definition) is 3. The Hall–Kier alpha value is -1.59. The fraction of sp³-hybridized carbons (Fsp3) is 0.769. The summed E-state index contributed by atoms with van der Waals surface area (Å²) < 4.78 is 0. The lowest BCUT2D eigenvalue weighted by Gasteiger charge is -2.25. The Bertz CT molecular complexity index is 391. The van der Waals surface area contributed by atoms with E-state index < -0.39 is 12.1 Å². The molecule has 1 atom stereocenters. The van der Waals surface area contributed by atoms with Crippen LogP contribution in [0, 0.1) is 5.92 Å². The fourth-order valence-electron chi connectivity index (χ4n) is 1.79. The molecule has 1 aliphatic rings. The fourth-order valence-corrected chi connectivity index (χ4v) is 1.79. The van der Waals surface area contributed by atoms with Crippen LogP contribution in [0.15, 0.2) is 0 Å². The summed E-state index contributed by atoms with van der Waals surface area (Å²) in [6.07, 6.45) is 0.771. The molecule has 1 heterocycles. The molecule has 108 valence electrons. The van der Waals surface area contributed by atoms with E-state index in [0.29, 0.717) is 0 Å². The monoisotopic (exact) mass is 269 g/mol. The van der Waals surface area contributed by atoms with Gasteiger partial charge in [-0.2, -0.15) is 0 Å². The predicted octanol–water partition coefficient (Wildman–Crippen LogP) is 0.868. The molecule has 0 aromatic heterocycles. The second-order valence-electron chi connectivity index (χ2n) is 5.88. The number of rotatable bonds is 5. The molecule has 0 radical (unpaired) electrons. The van der Waals surface area contributed by atoms with E-state index in [9.17, 15) is 14.4 Å². The van der Waals surface area contributed by atoms with Crippen molar-refractivity contribution in [1.29, 1.82) is 0 Å². The lowest BCUT2D eigenvalue weighted by atomic mass is 10.0. The Morgan fingerprint density at radius 1 is 1.42 bits per heavy atom. The van der Waals surface area contributed by atoms with Gasteiger partial charge in [0.2, 0.25) is 5.91 Å². The van der Waals surface area contributed by atoms with Crippen molar-refractivity contribution in [2.24, 2.45) is 5.92 Å². The largest absolute Gasteiger partial charge is 0.350 e. The molecule has 2 N–H and O–H groups in total. The molecule has 19 heavy (non-hydrogen) atoms. The summed E-state index contributed by atoms with van der Waals surface area (Å²) in [4.78, 5) is 36.5. The highest BCUT2D eigenvalue weighted by molar-refractivity contribution is 6.06. The molecule has 0 saturated carbocycles. The van der Waals surface area contributed by atoms with Gasteiger partial charge in [-0.25, -0.2) is 4.79 Å². The minimum atomic E-state index is -0.528. The van der Waals surface area contributed by atoms with E-state index in [4.69, 9.17) is 0 Å². The summed E-state index contributed by atoms with van der Waals surface area (Å²) in [5.74, 6) is -0.638. The summed E-state index contributed by atoms with van der Waals surface area (Å²) in [5.41, 5.74) is -0.340. The van der Waals surface area contributed by atoms with Gasteiger partial charge in [-0.3, -0.25) is 14.5 Å². The zero-order chi connectivity index (χ0) is 14.8. The van der Waals surface area contributed by atoms with Crippen molar-refractivity contribution in [3.63, 3.8) is 0 Å². The highest BCUT2D eigenvalue weighted by Gasteiger charge is 2.40. The first-order chi connectivity index (χ1) is 8.68. The highest BCUT2D eigenvalue weighted by atomic mass is 16.2. The van der Waals surface area contributed by atoms with Gasteiger partial charge in [-0.15, -0.1) is 0 Å². The van der Waals surface area contributed by atoms with E-state index in [0.717, 1.165) is 11.3 Å².